The zero-order valence-electron chi connectivity index (χ0n) is 15.6. The lowest BCUT2D eigenvalue weighted by Gasteiger charge is -2.46. The number of hydrogen-bond donors (Lipinski definition) is 8. The number of nitrogens with one attached hydrogen (secondary N) is 1. The number of aliphatic hydroxyl groups is 6. The fraction of sp³-hybridized carbons (Fsp3) is 0.929. The lowest BCUT2D eigenvalue weighted by Crippen LogP contribution is -2.67. The van der Waals surface area contributed by atoms with E-state index in [-0.39, 0.29) is 0 Å². The summed E-state index contributed by atoms with van der Waals surface area (Å²) in [5.41, 5.74) is 0. The molecule has 2 saturated heterocycles. The SMILES string of the molecule is CC(=O)N[C@@H]1[C@@H](O[C@@H]2O[C@H](CO)[C@H](O)[C@H](O)[C@H]2O)[C@H](O)[C@@H](COS(=O)(=O)O)O[C@H]1O. The normalized spacial score (nSPS) is 42.7. The molecule has 176 valence electrons. The van der Waals surface area contributed by atoms with Crippen LogP contribution in [-0.4, -0.2) is 124 Å². The van der Waals surface area contributed by atoms with Crippen molar-refractivity contribution in [2.24, 2.45) is 0 Å². The third kappa shape index (κ3) is 6.02. The van der Waals surface area contributed by atoms with Gasteiger partial charge < -0.3 is 50.2 Å². The van der Waals surface area contributed by atoms with E-state index in [0.717, 1.165) is 6.92 Å². The van der Waals surface area contributed by atoms with E-state index in [1.807, 2.05) is 0 Å². The van der Waals surface area contributed by atoms with E-state index in [1.165, 1.54) is 0 Å². The van der Waals surface area contributed by atoms with Gasteiger partial charge in [-0.15, -0.1) is 0 Å². The van der Waals surface area contributed by atoms with Crippen molar-refractivity contribution in [1.82, 2.24) is 5.32 Å². The van der Waals surface area contributed by atoms with Gasteiger partial charge in [-0.05, 0) is 0 Å². The highest BCUT2D eigenvalue weighted by Crippen LogP contribution is 2.29. The Morgan fingerprint density at radius 1 is 1.00 bits per heavy atom. The Morgan fingerprint density at radius 3 is 2.17 bits per heavy atom. The maximum Gasteiger partial charge on any atom is 0.397 e. The highest BCUT2D eigenvalue weighted by molar-refractivity contribution is 7.80. The van der Waals surface area contributed by atoms with Gasteiger partial charge in [0.1, 0.15) is 48.8 Å². The van der Waals surface area contributed by atoms with Crippen molar-refractivity contribution in [2.45, 2.75) is 68.3 Å². The highest BCUT2D eigenvalue weighted by atomic mass is 32.3. The summed E-state index contributed by atoms with van der Waals surface area (Å²) in [6.45, 7) is -0.625. The Labute approximate surface area is 170 Å². The first-order valence-electron chi connectivity index (χ1n) is 8.72. The summed E-state index contributed by atoms with van der Waals surface area (Å²) < 4.78 is 50.0. The number of aliphatic hydroxyl groups excluding tert-OH is 6. The van der Waals surface area contributed by atoms with Gasteiger partial charge in [0.05, 0.1) is 13.2 Å². The molecule has 15 nitrogen and oxygen atoms in total. The number of ether oxygens (including phenoxy) is 3. The molecule has 1 amide bonds. The minimum absolute atomic E-state index is 0.676. The van der Waals surface area contributed by atoms with Gasteiger partial charge >= 0.3 is 10.4 Å². The fourth-order valence-electron chi connectivity index (χ4n) is 3.11. The molecule has 0 aromatic heterocycles. The summed E-state index contributed by atoms with van der Waals surface area (Å²) in [5, 5.41) is 62.0. The average Bonchev–Trinajstić information content (AvgIpc) is 2.65. The summed E-state index contributed by atoms with van der Waals surface area (Å²) in [6, 6.07) is -1.45. The van der Waals surface area contributed by atoms with E-state index in [4.69, 9.17) is 18.8 Å². The molecule has 30 heavy (non-hydrogen) atoms. The van der Waals surface area contributed by atoms with E-state index >= 15 is 0 Å². The second-order valence-corrected chi connectivity index (χ2v) is 7.88. The first-order valence-corrected chi connectivity index (χ1v) is 10.1. The first kappa shape index (κ1) is 25.2. The van der Waals surface area contributed by atoms with E-state index in [0.29, 0.717) is 0 Å². The molecule has 2 rings (SSSR count). The number of carbonyl (C=O) groups excluding carboxylic acids is 1. The number of amides is 1. The molecule has 0 bridgehead atoms. The predicted molar refractivity (Wildman–Crippen MR) is 90.6 cm³/mol. The van der Waals surface area contributed by atoms with Crippen LogP contribution in [0.4, 0.5) is 0 Å². The molecule has 0 radical (unpaired) electrons. The molecule has 16 heteroatoms. The molecule has 8 N–H and O–H groups in total. The monoisotopic (exact) mass is 463 g/mol. The molecular weight excluding hydrogens is 438 g/mol. The molecule has 0 aromatic rings. The number of carbonyl (C=O) groups is 1. The second kappa shape index (κ2) is 10.1. The Balaban J connectivity index is 2.24. The van der Waals surface area contributed by atoms with Crippen molar-refractivity contribution in [3.8, 4) is 0 Å². The Hall–Kier alpha value is -1.02. The number of hydrogen-bond acceptors (Lipinski definition) is 13. The minimum Gasteiger partial charge on any atom is -0.394 e. The van der Waals surface area contributed by atoms with Crippen LogP contribution in [-0.2, 0) is 33.6 Å². The maximum atomic E-state index is 11.5. The van der Waals surface area contributed by atoms with E-state index in [1.54, 1.807) is 0 Å². The molecule has 2 heterocycles. The second-order valence-electron chi connectivity index (χ2n) is 6.79. The van der Waals surface area contributed by atoms with Gasteiger partial charge in [-0.1, -0.05) is 0 Å². The molecule has 2 aliphatic rings. The molecule has 10 atom stereocenters. The molecule has 0 saturated carbocycles. The van der Waals surface area contributed by atoms with Crippen molar-refractivity contribution in [2.75, 3.05) is 13.2 Å². The quantitative estimate of drug-likeness (QED) is 0.164. The van der Waals surface area contributed by atoms with Crippen LogP contribution >= 0.6 is 0 Å². The smallest absolute Gasteiger partial charge is 0.394 e. The van der Waals surface area contributed by atoms with Crippen molar-refractivity contribution < 1.29 is 66.8 Å². The van der Waals surface area contributed by atoms with Crippen LogP contribution in [0.15, 0.2) is 0 Å². The summed E-state index contributed by atoms with van der Waals surface area (Å²) in [4.78, 5) is 11.5. The van der Waals surface area contributed by atoms with Gasteiger partial charge in [-0.25, -0.2) is 4.18 Å². The van der Waals surface area contributed by atoms with Gasteiger partial charge in [0.25, 0.3) is 0 Å². The third-order valence-corrected chi connectivity index (χ3v) is 5.02. The Morgan fingerprint density at radius 2 is 1.63 bits per heavy atom. The van der Waals surface area contributed by atoms with Crippen LogP contribution in [0.5, 0.6) is 0 Å². The predicted octanol–water partition coefficient (Wildman–Crippen LogP) is -5.43. The van der Waals surface area contributed by atoms with Gasteiger partial charge in [0, 0.05) is 6.92 Å². The molecule has 0 aromatic carbocycles. The van der Waals surface area contributed by atoms with Crippen LogP contribution in [0, 0.1) is 0 Å². The van der Waals surface area contributed by atoms with Gasteiger partial charge in [-0.3, -0.25) is 9.35 Å². The Bertz CT molecular complexity index is 688. The largest absolute Gasteiger partial charge is 0.397 e. The summed E-state index contributed by atoms with van der Waals surface area (Å²) >= 11 is 0. The van der Waals surface area contributed by atoms with Gasteiger partial charge in [0.15, 0.2) is 12.6 Å². The minimum atomic E-state index is -4.91. The molecular formula is C14H25NO14S. The molecule has 0 spiro atoms. The van der Waals surface area contributed by atoms with Crippen LogP contribution in [0.2, 0.25) is 0 Å². The van der Waals surface area contributed by atoms with Crippen LogP contribution in [0.25, 0.3) is 0 Å². The van der Waals surface area contributed by atoms with Crippen LogP contribution < -0.4 is 5.32 Å². The Kier molecular flexibility index (Phi) is 8.47. The van der Waals surface area contributed by atoms with Crippen LogP contribution in [0.1, 0.15) is 6.92 Å². The number of rotatable bonds is 7. The average molecular weight is 463 g/mol. The highest BCUT2D eigenvalue weighted by Gasteiger charge is 2.51. The third-order valence-electron chi connectivity index (χ3n) is 4.58. The van der Waals surface area contributed by atoms with Crippen molar-refractivity contribution in [3.05, 3.63) is 0 Å². The van der Waals surface area contributed by atoms with Gasteiger partial charge in [0.2, 0.25) is 5.91 Å². The summed E-state index contributed by atoms with van der Waals surface area (Å²) in [6.07, 6.45) is -15.3. The molecule has 0 unspecified atom stereocenters. The fourth-order valence-corrected chi connectivity index (χ4v) is 3.42. The molecule has 2 aliphatic heterocycles. The lowest BCUT2D eigenvalue weighted by atomic mass is 9.95. The topological polar surface area (TPSA) is 242 Å². The lowest BCUT2D eigenvalue weighted by molar-refractivity contribution is -0.341. The standard InChI is InChI=1S/C14H25NO14S/c1-4(17)15-7-12(9(19)6(27-13(7)22)3-26-30(23,24)25)29-14-11(21)10(20)8(18)5(2-16)28-14/h5-14,16,18-22H,2-3H2,1H3,(H,15,17)(H,23,24,25)/t5-,6-,7-,8+,9-,10+,11-,12-,13-,14+/m1/s1. The van der Waals surface area contributed by atoms with E-state index in [2.05, 4.69) is 9.50 Å². The summed E-state index contributed by atoms with van der Waals surface area (Å²) in [5.74, 6) is -0.676. The van der Waals surface area contributed by atoms with E-state index < -0.39 is 90.9 Å². The van der Waals surface area contributed by atoms with Crippen molar-refractivity contribution >= 4 is 16.3 Å². The van der Waals surface area contributed by atoms with Gasteiger partial charge in [-0.2, -0.15) is 8.42 Å². The molecule has 2 fully saturated rings. The summed E-state index contributed by atoms with van der Waals surface area (Å²) in [7, 11) is -4.91. The van der Waals surface area contributed by atoms with E-state index in [9.17, 15) is 43.9 Å². The first-order chi connectivity index (χ1) is 13.9. The molecule has 0 aliphatic carbocycles. The zero-order valence-corrected chi connectivity index (χ0v) is 16.4. The maximum absolute atomic E-state index is 11.5. The van der Waals surface area contributed by atoms with Crippen molar-refractivity contribution in [3.63, 3.8) is 0 Å². The van der Waals surface area contributed by atoms with Crippen LogP contribution in [0.3, 0.4) is 0 Å². The van der Waals surface area contributed by atoms with Crippen molar-refractivity contribution in [1.29, 1.82) is 0 Å². The zero-order chi connectivity index (χ0) is 22.8.